The minimum absolute atomic E-state index is 0.0444. The summed E-state index contributed by atoms with van der Waals surface area (Å²) in [7, 11) is 0. The minimum Gasteiger partial charge on any atom is -0.481 e. The van der Waals surface area contributed by atoms with Crippen molar-refractivity contribution in [1.82, 2.24) is 0 Å². The molecule has 0 spiro atoms. The van der Waals surface area contributed by atoms with Gasteiger partial charge in [-0.1, -0.05) is 36.4 Å². The van der Waals surface area contributed by atoms with Crippen molar-refractivity contribution in [3.05, 3.63) is 47.7 Å². The maximum Gasteiger partial charge on any atom is 0.429 e. The smallest absolute Gasteiger partial charge is 0.429 e. The van der Waals surface area contributed by atoms with Gasteiger partial charge in [-0.25, -0.2) is 0 Å². The lowest BCUT2D eigenvalue weighted by Crippen LogP contribution is -2.23. The summed E-state index contributed by atoms with van der Waals surface area (Å²) in [6.45, 7) is 6.54. The molecule has 0 heterocycles. The summed E-state index contributed by atoms with van der Waals surface area (Å²) >= 11 is 0. The van der Waals surface area contributed by atoms with Gasteiger partial charge < -0.3 is 4.74 Å². The Balaban J connectivity index is 3.01. The SMILES string of the molecule is C=C(C)OC(c1ccc(C)cc1)C(F)(F)F. The number of ether oxygens (including phenoxy) is 1. The predicted molar refractivity (Wildman–Crippen MR) is 55.9 cm³/mol. The van der Waals surface area contributed by atoms with Gasteiger partial charge in [-0.2, -0.15) is 13.2 Å². The Hall–Kier alpha value is -1.45. The van der Waals surface area contributed by atoms with E-state index >= 15 is 0 Å². The molecule has 0 aliphatic heterocycles. The summed E-state index contributed by atoms with van der Waals surface area (Å²) in [5.41, 5.74) is 0.987. The fraction of sp³-hybridized carbons (Fsp3) is 0.333. The first-order chi connectivity index (χ1) is 7.30. The number of aryl methyl sites for hydroxylation is 1. The third-order valence-electron chi connectivity index (χ3n) is 2.00. The van der Waals surface area contributed by atoms with Crippen molar-refractivity contribution in [2.24, 2.45) is 0 Å². The van der Waals surface area contributed by atoms with E-state index in [4.69, 9.17) is 4.74 Å². The second kappa shape index (κ2) is 4.60. The van der Waals surface area contributed by atoms with Crippen molar-refractivity contribution >= 4 is 0 Å². The zero-order valence-electron chi connectivity index (χ0n) is 9.14. The Morgan fingerprint density at radius 3 is 2.12 bits per heavy atom. The highest BCUT2D eigenvalue weighted by atomic mass is 19.4. The number of alkyl halides is 3. The van der Waals surface area contributed by atoms with E-state index in [2.05, 4.69) is 6.58 Å². The molecule has 0 aromatic heterocycles. The molecular weight excluding hydrogens is 217 g/mol. The number of rotatable bonds is 3. The Morgan fingerprint density at radius 2 is 1.75 bits per heavy atom. The van der Waals surface area contributed by atoms with Gasteiger partial charge in [0.2, 0.25) is 6.10 Å². The summed E-state index contributed by atoms with van der Waals surface area (Å²) in [5.74, 6) is 0.0444. The van der Waals surface area contributed by atoms with Crippen molar-refractivity contribution in [3.63, 3.8) is 0 Å². The van der Waals surface area contributed by atoms with E-state index in [1.54, 1.807) is 12.1 Å². The van der Waals surface area contributed by atoms with E-state index < -0.39 is 12.3 Å². The molecule has 1 aromatic carbocycles. The Labute approximate surface area is 92.5 Å². The highest BCUT2D eigenvalue weighted by Gasteiger charge is 2.42. The normalized spacial score (nSPS) is 13.3. The maximum atomic E-state index is 12.7. The minimum atomic E-state index is -4.44. The first-order valence-corrected chi connectivity index (χ1v) is 4.76. The van der Waals surface area contributed by atoms with E-state index in [9.17, 15) is 13.2 Å². The molecule has 0 N–H and O–H groups in total. The lowest BCUT2D eigenvalue weighted by Gasteiger charge is -2.22. The van der Waals surface area contributed by atoms with Gasteiger partial charge in [-0.3, -0.25) is 0 Å². The van der Waals surface area contributed by atoms with Crippen LogP contribution in [0, 0.1) is 6.92 Å². The molecule has 1 nitrogen and oxygen atoms in total. The van der Waals surface area contributed by atoms with Crippen molar-refractivity contribution in [2.75, 3.05) is 0 Å². The summed E-state index contributed by atoms with van der Waals surface area (Å²) in [5, 5.41) is 0. The summed E-state index contributed by atoms with van der Waals surface area (Å²) in [4.78, 5) is 0. The topological polar surface area (TPSA) is 9.23 Å². The predicted octanol–water partition coefficient (Wildman–Crippen LogP) is 4.15. The second-order valence-corrected chi connectivity index (χ2v) is 3.65. The summed E-state index contributed by atoms with van der Waals surface area (Å²) in [6.07, 6.45) is -6.38. The van der Waals surface area contributed by atoms with Gasteiger partial charge in [-0.05, 0) is 13.8 Å². The molecule has 1 aromatic rings. The average molecular weight is 230 g/mol. The number of allylic oxidation sites excluding steroid dienone is 1. The molecule has 4 heteroatoms. The zero-order chi connectivity index (χ0) is 12.3. The summed E-state index contributed by atoms with van der Waals surface area (Å²) < 4.78 is 42.8. The maximum absolute atomic E-state index is 12.7. The van der Waals surface area contributed by atoms with Crippen LogP contribution in [0.3, 0.4) is 0 Å². The zero-order valence-corrected chi connectivity index (χ0v) is 9.14. The van der Waals surface area contributed by atoms with Crippen LogP contribution in [0.5, 0.6) is 0 Å². The Kier molecular flexibility index (Phi) is 3.62. The fourth-order valence-corrected chi connectivity index (χ4v) is 1.27. The van der Waals surface area contributed by atoms with Crippen LogP contribution in [0.4, 0.5) is 13.2 Å². The van der Waals surface area contributed by atoms with Gasteiger partial charge >= 0.3 is 6.18 Å². The van der Waals surface area contributed by atoms with E-state index in [-0.39, 0.29) is 11.3 Å². The molecule has 1 atom stereocenters. The van der Waals surface area contributed by atoms with Crippen molar-refractivity contribution in [3.8, 4) is 0 Å². The number of hydrogen-bond acceptors (Lipinski definition) is 1. The van der Waals surface area contributed by atoms with Crippen LogP contribution in [0.2, 0.25) is 0 Å². The number of benzene rings is 1. The first-order valence-electron chi connectivity index (χ1n) is 4.76. The molecule has 1 rings (SSSR count). The molecule has 0 fully saturated rings. The molecule has 0 saturated carbocycles. The van der Waals surface area contributed by atoms with Crippen LogP contribution >= 0.6 is 0 Å². The molecule has 1 unspecified atom stereocenters. The number of hydrogen-bond donors (Lipinski definition) is 0. The van der Waals surface area contributed by atoms with Crippen LogP contribution in [0.15, 0.2) is 36.6 Å². The molecule has 0 aliphatic carbocycles. The molecule has 16 heavy (non-hydrogen) atoms. The molecule has 0 aliphatic rings. The lowest BCUT2D eigenvalue weighted by atomic mass is 10.1. The third-order valence-corrected chi connectivity index (χ3v) is 2.00. The van der Waals surface area contributed by atoms with Crippen LogP contribution in [0.25, 0.3) is 0 Å². The largest absolute Gasteiger partial charge is 0.481 e. The van der Waals surface area contributed by atoms with E-state index in [1.807, 2.05) is 6.92 Å². The monoisotopic (exact) mass is 230 g/mol. The van der Waals surface area contributed by atoms with Crippen LogP contribution < -0.4 is 0 Å². The molecule has 0 radical (unpaired) electrons. The highest BCUT2D eigenvalue weighted by Crippen LogP contribution is 2.37. The van der Waals surface area contributed by atoms with Gasteiger partial charge in [0, 0.05) is 5.56 Å². The Morgan fingerprint density at radius 1 is 1.25 bits per heavy atom. The van der Waals surface area contributed by atoms with E-state index in [0.29, 0.717) is 0 Å². The van der Waals surface area contributed by atoms with Gasteiger partial charge in [0.15, 0.2) is 0 Å². The number of halogens is 3. The third kappa shape index (κ3) is 3.29. The lowest BCUT2D eigenvalue weighted by molar-refractivity contribution is -0.212. The van der Waals surface area contributed by atoms with Crippen molar-refractivity contribution in [2.45, 2.75) is 26.1 Å². The first kappa shape index (κ1) is 12.6. The molecular formula is C12H13F3O. The highest BCUT2D eigenvalue weighted by molar-refractivity contribution is 5.24. The van der Waals surface area contributed by atoms with E-state index in [0.717, 1.165) is 5.56 Å². The van der Waals surface area contributed by atoms with Crippen LogP contribution in [-0.4, -0.2) is 6.18 Å². The molecule has 0 amide bonds. The Bertz CT molecular complexity index is 365. The van der Waals surface area contributed by atoms with Gasteiger partial charge in [0.05, 0.1) is 5.76 Å². The van der Waals surface area contributed by atoms with Gasteiger partial charge in [0.1, 0.15) is 0 Å². The molecule has 0 bridgehead atoms. The second-order valence-electron chi connectivity index (χ2n) is 3.65. The van der Waals surface area contributed by atoms with Crippen LogP contribution in [0.1, 0.15) is 24.2 Å². The standard InChI is InChI=1S/C12H13F3O/c1-8(2)16-11(12(13,14)15)10-6-4-9(3)5-7-10/h4-7,11H,1H2,2-3H3. The van der Waals surface area contributed by atoms with Gasteiger partial charge in [-0.15, -0.1) is 0 Å². The fourth-order valence-electron chi connectivity index (χ4n) is 1.27. The van der Waals surface area contributed by atoms with Crippen molar-refractivity contribution in [1.29, 1.82) is 0 Å². The van der Waals surface area contributed by atoms with Crippen molar-refractivity contribution < 1.29 is 17.9 Å². The molecule has 0 saturated heterocycles. The average Bonchev–Trinajstić information content (AvgIpc) is 2.14. The van der Waals surface area contributed by atoms with Crippen LogP contribution in [-0.2, 0) is 4.74 Å². The quantitative estimate of drug-likeness (QED) is 0.709. The molecule has 88 valence electrons. The summed E-state index contributed by atoms with van der Waals surface area (Å²) in [6, 6.07) is 6.07. The van der Waals surface area contributed by atoms with E-state index in [1.165, 1.54) is 19.1 Å². The van der Waals surface area contributed by atoms with Gasteiger partial charge in [0.25, 0.3) is 0 Å².